The first-order valence-corrected chi connectivity index (χ1v) is 15.9. The predicted octanol–water partition coefficient (Wildman–Crippen LogP) is 5.95. The third-order valence-corrected chi connectivity index (χ3v) is 7.81. The number of carbonyl (C=O) groups excluding carboxylic acids is 3. The number of amides is 3. The number of rotatable bonds is 11. The standard InChI is InChI=1S/C20H29N4O3PS.C12H18/c1-14-6-4-3-5-11-29-13-17(14)12-18(20(27)24-28-23-15(2)25)22-19(26)16-7-9-21-10-8-16;1-5-12(4)10-8-6-7-9-11(2)3/h3-6,13,16,18,21,28H,1,7-12H2,2H3,(H,22,26)(H,23,25)(H,24,27);5-9H,2,10H2,1,3-4H3/b5-3-,6-4-,17-13-;8-6-,9-7-,12-5-. The van der Waals surface area contributed by atoms with Gasteiger partial charge in [0.1, 0.15) is 6.04 Å². The summed E-state index contributed by atoms with van der Waals surface area (Å²) in [5.41, 5.74) is 4.20. The molecular formula is C32H47N4O3PS. The summed E-state index contributed by atoms with van der Waals surface area (Å²) in [4.78, 5) is 36.6. The van der Waals surface area contributed by atoms with Crippen molar-refractivity contribution in [1.82, 2.24) is 20.8 Å². The van der Waals surface area contributed by atoms with Gasteiger partial charge in [0.25, 0.3) is 0 Å². The largest absolute Gasteiger partial charge is 0.344 e. The van der Waals surface area contributed by atoms with Gasteiger partial charge in [-0.3, -0.25) is 14.4 Å². The second-order valence-corrected chi connectivity index (χ2v) is 11.5. The van der Waals surface area contributed by atoms with Gasteiger partial charge in [0, 0.05) is 25.0 Å². The highest BCUT2D eigenvalue weighted by Crippen LogP contribution is 2.23. The van der Waals surface area contributed by atoms with Crippen LogP contribution in [0.5, 0.6) is 0 Å². The van der Waals surface area contributed by atoms with Gasteiger partial charge in [-0.2, -0.15) is 0 Å². The molecule has 1 fully saturated rings. The molecule has 0 aliphatic carbocycles. The van der Waals surface area contributed by atoms with Crippen LogP contribution in [0.15, 0.2) is 95.5 Å². The van der Waals surface area contributed by atoms with Crippen molar-refractivity contribution in [2.75, 3.05) is 18.8 Å². The first-order chi connectivity index (χ1) is 19.6. The molecule has 2 aliphatic heterocycles. The summed E-state index contributed by atoms with van der Waals surface area (Å²) in [6, 6.07) is -0.732. The third kappa shape index (κ3) is 17.5. The van der Waals surface area contributed by atoms with Gasteiger partial charge < -0.3 is 20.8 Å². The predicted molar refractivity (Wildman–Crippen MR) is 178 cm³/mol. The molecule has 4 N–H and O–H groups in total. The fraction of sp³-hybridized carbons (Fsp3) is 0.406. The second-order valence-electron chi connectivity index (χ2n) is 9.85. The van der Waals surface area contributed by atoms with Gasteiger partial charge in [-0.1, -0.05) is 79.0 Å². The van der Waals surface area contributed by atoms with Gasteiger partial charge in [-0.05, 0) is 69.7 Å². The van der Waals surface area contributed by atoms with Crippen LogP contribution in [0.1, 0.15) is 53.4 Å². The van der Waals surface area contributed by atoms with Crippen LogP contribution in [0, 0.1) is 5.92 Å². The molecule has 0 saturated carbocycles. The first-order valence-electron chi connectivity index (χ1n) is 13.9. The lowest BCUT2D eigenvalue weighted by atomic mass is 9.95. The van der Waals surface area contributed by atoms with Crippen LogP contribution in [0.2, 0.25) is 0 Å². The minimum Gasteiger partial charge on any atom is -0.344 e. The molecular weight excluding hydrogens is 551 g/mol. The number of hydrogen-bond donors (Lipinski definition) is 4. The highest BCUT2D eigenvalue weighted by atomic mass is 32.2. The molecule has 0 bridgehead atoms. The second kappa shape index (κ2) is 21.8. The summed E-state index contributed by atoms with van der Waals surface area (Å²) in [5, 5.41) is 13.4. The number of nitrogens with one attached hydrogen (secondary N) is 4. The number of allylic oxidation sites excluding steroid dienone is 11. The zero-order valence-corrected chi connectivity index (χ0v) is 26.7. The SMILES string of the molecule is C=C(C)/C=C\C=C/C/C(C)=C\C.C=C1/C=C\C=C/CS/C=C\1CC(NC(=O)C1CCNCC1)C(=O)NPNC(C)=O. The fourth-order valence-electron chi connectivity index (χ4n) is 3.61. The van der Waals surface area contributed by atoms with Crippen LogP contribution in [-0.4, -0.2) is 42.6 Å². The molecule has 0 radical (unpaired) electrons. The normalized spacial score (nSPS) is 20.1. The van der Waals surface area contributed by atoms with E-state index in [9.17, 15) is 14.4 Å². The highest BCUT2D eigenvalue weighted by Gasteiger charge is 2.27. The molecule has 0 aromatic heterocycles. The van der Waals surface area contributed by atoms with Gasteiger partial charge in [0.05, 0.1) is 8.88 Å². The number of carbonyl (C=O) groups is 3. The molecule has 2 atom stereocenters. The minimum absolute atomic E-state index is 0.0967. The van der Waals surface area contributed by atoms with E-state index < -0.39 is 6.04 Å². The molecule has 0 aromatic carbocycles. The Bertz CT molecular complexity index is 1080. The van der Waals surface area contributed by atoms with E-state index in [1.807, 2.05) is 48.8 Å². The summed E-state index contributed by atoms with van der Waals surface area (Å²) in [7, 11) is -0.240. The van der Waals surface area contributed by atoms with Crippen molar-refractivity contribution in [3.63, 3.8) is 0 Å². The van der Waals surface area contributed by atoms with E-state index in [4.69, 9.17) is 0 Å². The van der Waals surface area contributed by atoms with Crippen molar-refractivity contribution in [3.05, 3.63) is 95.5 Å². The molecule has 2 unspecified atom stereocenters. The average Bonchev–Trinajstić information content (AvgIpc) is 3.04. The Morgan fingerprint density at radius 2 is 1.88 bits per heavy atom. The van der Waals surface area contributed by atoms with Gasteiger partial charge >= 0.3 is 0 Å². The molecule has 1 saturated heterocycles. The maximum atomic E-state index is 12.8. The number of thioether (sulfide) groups is 1. The maximum absolute atomic E-state index is 12.8. The average molecular weight is 599 g/mol. The van der Waals surface area contributed by atoms with Crippen molar-refractivity contribution >= 4 is 38.4 Å². The van der Waals surface area contributed by atoms with Crippen molar-refractivity contribution < 1.29 is 14.4 Å². The van der Waals surface area contributed by atoms with Gasteiger partial charge in [0.2, 0.25) is 17.7 Å². The molecule has 2 rings (SSSR count). The lowest BCUT2D eigenvalue weighted by molar-refractivity contribution is -0.130. The Balaban J connectivity index is 0.000000590. The van der Waals surface area contributed by atoms with Crippen molar-refractivity contribution in [3.8, 4) is 0 Å². The Morgan fingerprint density at radius 1 is 1.15 bits per heavy atom. The summed E-state index contributed by atoms with van der Waals surface area (Å²) in [6.45, 7) is 17.0. The zero-order valence-electron chi connectivity index (χ0n) is 24.9. The van der Waals surface area contributed by atoms with E-state index in [0.717, 1.165) is 54.8 Å². The quantitative estimate of drug-likeness (QED) is 0.134. The van der Waals surface area contributed by atoms with Gasteiger partial charge in [-0.15, -0.1) is 11.8 Å². The monoisotopic (exact) mass is 598 g/mol. The smallest absolute Gasteiger partial charge is 0.247 e. The zero-order chi connectivity index (χ0) is 30.5. The number of hydrogen-bond acceptors (Lipinski definition) is 5. The van der Waals surface area contributed by atoms with Crippen LogP contribution >= 0.6 is 20.6 Å². The number of piperidine rings is 1. The van der Waals surface area contributed by atoms with Gasteiger partial charge in [0.15, 0.2) is 0 Å². The minimum atomic E-state index is -0.732. The first kappa shape index (κ1) is 36.1. The third-order valence-electron chi connectivity index (χ3n) is 6.13. The van der Waals surface area contributed by atoms with Crippen LogP contribution in [-0.2, 0) is 14.4 Å². The molecule has 2 aliphatic rings. The molecule has 9 heteroatoms. The lowest BCUT2D eigenvalue weighted by Gasteiger charge is -2.25. The molecule has 41 heavy (non-hydrogen) atoms. The fourth-order valence-corrected chi connectivity index (χ4v) is 4.92. The van der Waals surface area contributed by atoms with Crippen molar-refractivity contribution in [1.29, 1.82) is 0 Å². The molecule has 0 spiro atoms. The Morgan fingerprint density at radius 3 is 2.54 bits per heavy atom. The van der Waals surface area contributed by atoms with E-state index in [2.05, 4.69) is 66.0 Å². The van der Waals surface area contributed by atoms with Crippen LogP contribution in [0.3, 0.4) is 0 Å². The summed E-state index contributed by atoms with van der Waals surface area (Å²) in [5.74, 6) is 0.0816. The van der Waals surface area contributed by atoms with Gasteiger partial charge in [-0.25, -0.2) is 0 Å². The van der Waals surface area contributed by atoms with Crippen LogP contribution in [0.25, 0.3) is 0 Å². The van der Waals surface area contributed by atoms with E-state index in [-0.39, 0.29) is 32.5 Å². The van der Waals surface area contributed by atoms with E-state index in [0.29, 0.717) is 6.42 Å². The molecule has 7 nitrogen and oxygen atoms in total. The van der Waals surface area contributed by atoms with Crippen LogP contribution < -0.4 is 20.8 Å². The highest BCUT2D eigenvalue weighted by molar-refractivity contribution is 8.02. The van der Waals surface area contributed by atoms with Crippen LogP contribution in [0.4, 0.5) is 0 Å². The Kier molecular flexibility index (Phi) is 19.2. The van der Waals surface area contributed by atoms with Crippen molar-refractivity contribution in [2.24, 2.45) is 5.92 Å². The molecule has 224 valence electrons. The molecule has 0 aromatic rings. The van der Waals surface area contributed by atoms with Crippen molar-refractivity contribution in [2.45, 2.75) is 59.4 Å². The molecule has 3 amide bonds. The lowest BCUT2D eigenvalue weighted by Crippen LogP contribution is -2.49. The Labute approximate surface area is 252 Å². The summed E-state index contributed by atoms with van der Waals surface area (Å²) in [6.07, 6.45) is 21.1. The van der Waals surface area contributed by atoms with E-state index >= 15 is 0 Å². The maximum Gasteiger partial charge on any atom is 0.247 e. The molecule has 2 heterocycles. The Hall–Kier alpha value is -2.93. The van der Waals surface area contributed by atoms with E-state index in [1.165, 1.54) is 12.5 Å². The summed E-state index contributed by atoms with van der Waals surface area (Å²) < 4.78 is 0. The van der Waals surface area contributed by atoms with E-state index in [1.54, 1.807) is 11.8 Å². The topological polar surface area (TPSA) is 99.3 Å². The summed E-state index contributed by atoms with van der Waals surface area (Å²) >= 11 is 1.62.